The summed E-state index contributed by atoms with van der Waals surface area (Å²) in [4.78, 5) is -0.153. The van der Waals surface area contributed by atoms with Gasteiger partial charge in [0.15, 0.2) is 0 Å². The Labute approximate surface area is 194 Å². The minimum Gasteiger partial charge on any atom is -0.744 e. The summed E-state index contributed by atoms with van der Waals surface area (Å²) in [5.41, 5.74) is 1.20. The maximum atomic E-state index is 11.1. The van der Waals surface area contributed by atoms with Crippen molar-refractivity contribution in [2.75, 3.05) is 0 Å². The fraction of sp³-hybridized carbons (Fsp3) is 0.500. The van der Waals surface area contributed by atoms with E-state index in [4.69, 9.17) is 0 Å². The summed E-state index contributed by atoms with van der Waals surface area (Å²) >= 11 is 0. The number of aryl methyl sites for hydroxylation is 1. The van der Waals surface area contributed by atoms with Crippen LogP contribution in [0.15, 0.2) is 41.3 Å². The maximum Gasteiger partial charge on any atom is 1.00 e. The van der Waals surface area contributed by atoms with E-state index in [-0.39, 0.29) is 56.3 Å². The summed E-state index contributed by atoms with van der Waals surface area (Å²) in [5, 5.41) is 1.78. The molecule has 0 radical (unpaired) electrons. The molecule has 0 unspecified atom stereocenters. The summed E-state index contributed by atoms with van der Waals surface area (Å²) in [5.74, 6) is 0. The average Bonchev–Trinajstić information content (AvgIpc) is 2.56. The third-order valence-electron chi connectivity index (χ3n) is 4.48. The number of rotatable bonds is 10. The summed E-state index contributed by atoms with van der Waals surface area (Å²) in [6.07, 6.45) is 11.3. The molecule has 0 saturated carbocycles. The number of hydrogen-bond acceptors (Lipinski definition) is 3. The Morgan fingerprint density at radius 1 is 0.800 bits per heavy atom. The molecule has 5 heteroatoms. The van der Waals surface area contributed by atoms with Crippen LogP contribution in [0.2, 0.25) is 0 Å². The largest absolute Gasteiger partial charge is 1.00 e. The molecule has 25 heavy (non-hydrogen) atoms. The van der Waals surface area contributed by atoms with Crippen molar-refractivity contribution in [2.24, 2.45) is 0 Å². The van der Waals surface area contributed by atoms with Gasteiger partial charge in [-0.25, -0.2) is 8.42 Å². The van der Waals surface area contributed by atoms with Crippen LogP contribution in [0, 0.1) is 0 Å². The van der Waals surface area contributed by atoms with Gasteiger partial charge >= 0.3 is 51.4 Å². The van der Waals surface area contributed by atoms with Gasteiger partial charge in [-0.2, -0.15) is 0 Å². The molecule has 0 atom stereocenters. The smallest absolute Gasteiger partial charge is 0.744 e. The van der Waals surface area contributed by atoms with Gasteiger partial charge in [-0.3, -0.25) is 0 Å². The van der Waals surface area contributed by atoms with Crippen molar-refractivity contribution in [3.63, 3.8) is 0 Å². The zero-order chi connectivity index (χ0) is 17.4. The van der Waals surface area contributed by atoms with Crippen molar-refractivity contribution in [1.29, 1.82) is 0 Å². The Balaban J connectivity index is 0.00000312. The summed E-state index contributed by atoms with van der Waals surface area (Å²) in [7, 11) is -4.39. The van der Waals surface area contributed by atoms with Crippen LogP contribution >= 0.6 is 0 Å². The molecule has 3 nitrogen and oxygen atoms in total. The zero-order valence-electron chi connectivity index (χ0n) is 15.5. The van der Waals surface area contributed by atoms with Crippen molar-refractivity contribution in [3.8, 4) is 0 Å². The van der Waals surface area contributed by atoms with Gasteiger partial charge in [-0.1, -0.05) is 76.1 Å². The van der Waals surface area contributed by atoms with Crippen molar-refractivity contribution >= 4 is 20.9 Å². The molecule has 0 spiro atoms. The molecule has 0 amide bonds. The average molecular weight is 387 g/mol. The molecule has 0 aliphatic rings. The molecule has 0 N–H and O–H groups in total. The Hall–Kier alpha value is 0.246. The Kier molecular flexibility index (Phi) is 11.0. The first-order valence-corrected chi connectivity index (χ1v) is 10.4. The molecule has 0 aromatic heterocycles. The van der Waals surface area contributed by atoms with E-state index in [9.17, 15) is 13.0 Å². The predicted molar refractivity (Wildman–Crippen MR) is 98.2 cm³/mol. The van der Waals surface area contributed by atoms with Crippen LogP contribution in [-0.2, 0) is 16.5 Å². The van der Waals surface area contributed by atoms with Crippen LogP contribution in [-0.4, -0.2) is 13.0 Å². The topological polar surface area (TPSA) is 57.2 Å². The fourth-order valence-corrected chi connectivity index (χ4v) is 3.55. The van der Waals surface area contributed by atoms with Crippen molar-refractivity contribution in [2.45, 2.75) is 69.6 Å². The van der Waals surface area contributed by atoms with Crippen LogP contribution in [0.5, 0.6) is 0 Å². The SMILES string of the molecule is CCCCCCCCCCc1ccc2ccc(S(=O)(=O)[O-])cc2c1.[K+]. The molecule has 2 aromatic carbocycles. The van der Waals surface area contributed by atoms with Crippen LogP contribution < -0.4 is 51.4 Å². The normalized spacial score (nSPS) is 11.4. The molecule has 132 valence electrons. The first-order chi connectivity index (χ1) is 11.5. The van der Waals surface area contributed by atoms with E-state index >= 15 is 0 Å². The van der Waals surface area contributed by atoms with Crippen LogP contribution in [0.4, 0.5) is 0 Å². The molecular weight excluding hydrogens is 359 g/mol. The number of hydrogen-bond donors (Lipinski definition) is 0. The zero-order valence-corrected chi connectivity index (χ0v) is 19.4. The first-order valence-electron chi connectivity index (χ1n) is 8.99. The van der Waals surface area contributed by atoms with Crippen molar-refractivity contribution in [1.82, 2.24) is 0 Å². The molecule has 0 fully saturated rings. The summed E-state index contributed by atoms with van der Waals surface area (Å²) in [6, 6.07) is 10.6. The van der Waals surface area contributed by atoms with Gasteiger partial charge in [0.05, 0.1) is 4.90 Å². The van der Waals surface area contributed by atoms with Gasteiger partial charge in [-0.15, -0.1) is 0 Å². The fourth-order valence-electron chi connectivity index (χ4n) is 3.05. The van der Waals surface area contributed by atoms with E-state index in [0.717, 1.165) is 23.6 Å². The van der Waals surface area contributed by atoms with Gasteiger partial charge in [-0.05, 0) is 41.3 Å². The van der Waals surface area contributed by atoms with Crippen molar-refractivity contribution in [3.05, 3.63) is 42.0 Å². The number of fused-ring (bicyclic) bond motifs is 1. The second-order valence-electron chi connectivity index (χ2n) is 6.52. The van der Waals surface area contributed by atoms with Gasteiger partial charge in [0, 0.05) is 0 Å². The molecule has 0 aliphatic heterocycles. The van der Waals surface area contributed by atoms with Gasteiger partial charge in [0.2, 0.25) is 0 Å². The molecule has 0 heterocycles. The van der Waals surface area contributed by atoms with Crippen LogP contribution in [0.25, 0.3) is 10.8 Å². The Morgan fingerprint density at radius 3 is 2.04 bits per heavy atom. The van der Waals surface area contributed by atoms with E-state index in [1.54, 1.807) is 6.07 Å². The number of benzene rings is 2. The molecule has 0 bridgehead atoms. The first kappa shape index (κ1) is 23.3. The minimum absolute atomic E-state index is 0. The van der Waals surface area contributed by atoms with E-state index < -0.39 is 10.1 Å². The minimum atomic E-state index is -4.39. The standard InChI is InChI=1S/C20H28O3S.K/c1-2-3-4-5-6-7-8-9-10-17-11-12-18-13-14-20(24(21,22)23)16-19(18)15-17;/h11-16H,2-10H2,1H3,(H,21,22,23);/q;+1/p-1. The van der Waals surface area contributed by atoms with Gasteiger partial charge < -0.3 is 4.55 Å². The van der Waals surface area contributed by atoms with E-state index in [1.807, 2.05) is 12.1 Å². The molecule has 2 aromatic rings. The van der Waals surface area contributed by atoms with Crippen LogP contribution in [0.3, 0.4) is 0 Å². The summed E-state index contributed by atoms with van der Waals surface area (Å²) in [6.45, 7) is 2.24. The second kappa shape index (κ2) is 11.9. The number of unbranched alkanes of at least 4 members (excludes halogenated alkanes) is 7. The Morgan fingerprint density at radius 2 is 1.40 bits per heavy atom. The molecule has 0 aliphatic carbocycles. The molecule has 0 saturated heterocycles. The van der Waals surface area contributed by atoms with E-state index in [0.29, 0.717) is 0 Å². The molecular formula is C20H27KO3S. The molecule has 2 rings (SSSR count). The predicted octanol–water partition coefficient (Wildman–Crippen LogP) is 2.43. The van der Waals surface area contributed by atoms with Crippen molar-refractivity contribution < 1.29 is 64.4 Å². The van der Waals surface area contributed by atoms with E-state index in [1.165, 1.54) is 62.6 Å². The third-order valence-corrected chi connectivity index (χ3v) is 5.32. The van der Waals surface area contributed by atoms with E-state index in [2.05, 4.69) is 13.0 Å². The quantitative estimate of drug-likeness (QED) is 0.358. The maximum absolute atomic E-state index is 11.1. The summed E-state index contributed by atoms with van der Waals surface area (Å²) < 4.78 is 33.4. The van der Waals surface area contributed by atoms with Gasteiger partial charge in [0.25, 0.3) is 0 Å². The monoisotopic (exact) mass is 386 g/mol. The second-order valence-corrected chi connectivity index (χ2v) is 7.90. The Bertz CT molecular complexity index is 757. The van der Waals surface area contributed by atoms with Crippen LogP contribution in [0.1, 0.15) is 63.9 Å². The third kappa shape index (κ3) is 8.20. The van der Waals surface area contributed by atoms with Gasteiger partial charge in [0.1, 0.15) is 10.1 Å².